The van der Waals surface area contributed by atoms with E-state index in [0.29, 0.717) is 54.8 Å². The van der Waals surface area contributed by atoms with Crippen LogP contribution in [0.25, 0.3) is 0 Å². The highest BCUT2D eigenvalue weighted by Crippen LogP contribution is 2.23. The Labute approximate surface area is 179 Å². The van der Waals surface area contributed by atoms with E-state index in [1.807, 2.05) is 16.5 Å². The zero-order chi connectivity index (χ0) is 21.3. The van der Waals surface area contributed by atoms with Crippen molar-refractivity contribution in [2.24, 2.45) is 0 Å². The Morgan fingerprint density at radius 3 is 2.83 bits per heavy atom. The normalized spacial score (nSPS) is 21.8. The third kappa shape index (κ3) is 4.24. The molecule has 1 aromatic heterocycles. The molecule has 1 saturated heterocycles. The molecule has 2 atom stereocenters. The molecule has 7 nitrogen and oxygen atoms in total. The smallest absolute Gasteiger partial charge is 0.273 e. The van der Waals surface area contributed by atoms with Crippen LogP contribution in [0.4, 0.5) is 10.1 Å². The number of halogens is 2. The van der Waals surface area contributed by atoms with Crippen LogP contribution in [0.15, 0.2) is 42.6 Å². The second kappa shape index (κ2) is 8.57. The number of nitrogens with one attached hydrogen (secondary N) is 1. The van der Waals surface area contributed by atoms with Crippen molar-refractivity contribution in [3.8, 4) is 0 Å². The van der Waals surface area contributed by atoms with Crippen molar-refractivity contribution in [3.63, 3.8) is 0 Å². The summed E-state index contributed by atoms with van der Waals surface area (Å²) in [6.45, 7) is 1.64. The summed E-state index contributed by atoms with van der Waals surface area (Å²) in [6.07, 6.45) is 4.36. The van der Waals surface area contributed by atoms with Gasteiger partial charge in [-0.2, -0.15) is 0 Å². The Morgan fingerprint density at radius 1 is 1.30 bits per heavy atom. The van der Waals surface area contributed by atoms with Gasteiger partial charge in [-0.25, -0.2) is 9.37 Å². The second-order valence-electron chi connectivity index (χ2n) is 7.60. The van der Waals surface area contributed by atoms with E-state index in [1.165, 1.54) is 12.3 Å². The minimum Gasteiger partial charge on any atom is -0.330 e. The van der Waals surface area contributed by atoms with Crippen LogP contribution < -0.4 is 5.32 Å². The predicted octanol–water partition coefficient (Wildman–Crippen LogP) is 2.73. The number of para-hydroxylation sites is 1. The highest BCUT2D eigenvalue weighted by molar-refractivity contribution is 6.33. The number of rotatable bonds is 4. The number of anilines is 1. The summed E-state index contributed by atoms with van der Waals surface area (Å²) in [5.41, 5.74) is 0.957. The van der Waals surface area contributed by atoms with Gasteiger partial charge in [0.25, 0.3) is 5.91 Å². The molecule has 1 aromatic carbocycles. The SMILES string of the molecule is CN1C[C@H](F)CC1/C=C/C(=O)N1CCn2c(C(=O)Nc3ccccc3Cl)cnc2C1. The van der Waals surface area contributed by atoms with E-state index in [4.69, 9.17) is 11.6 Å². The molecule has 9 heteroatoms. The number of carbonyl (C=O) groups is 2. The Kier molecular flexibility index (Phi) is 5.87. The van der Waals surface area contributed by atoms with E-state index in [9.17, 15) is 14.0 Å². The minimum absolute atomic E-state index is 0.0594. The molecule has 1 fully saturated rings. The Hall–Kier alpha value is -2.71. The van der Waals surface area contributed by atoms with Crippen LogP contribution in [0.2, 0.25) is 5.02 Å². The number of benzene rings is 1. The van der Waals surface area contributed by atoms with Gasteiger partial charge < -0.3 is 14.8 Å². The van der Waals surface area contributed by atoms with E-state index in [0.717, 1.165) is 0 Å². The van der Waals surface area contributed by atoms with E-state index in [2.05, 4.69) is 10.3 Å². The zero-order valence-electron chi connectivity index (χ0n) is 16.6. The van der Waals surface area contributed by atoms with Crippen molar-refractivity contribution in [1.82, 2.24) is 19.4 Å². The van der Waals surface area contributed by atoms with Gasteiger partial charge in [-0.15, -0.1) is 0 Å². The first-order chi connectivity index (χ1) is 14.4. The van der Waals surface area contributed by atoms with Gasteiger partial charge in [-0.3, -0.25) is 14.5 Å². The summed E-state index contributed by atoms with van der Waals surface area (Å²) < 4.78 is 15.3. The van der Waals surface area contributed by atoms with Crippen molar-refractivity contribution >= 4 is 29.1 Å². The summed E-state index contributed by atoms with van der Waals surface area (Å²) in [7, 11) is 1.85. The molecule has 30 heavy (non-hydrogen) atoms. The number of hydrogen-bond acceptors (Lipinski definition) is 4. The number of fused-ring (bicyclic) bond motifs is 1. The molecule has 2 aliphatic heterocycles. The summed E-state index contributed by atoms with van der Waals surface area (Å²) in [5.74, 6) is 0.211. The molecule has 0 spiro atoms. The summed E-state index contributed by atoms with van der Waals surface area (Å²) in [6, 6.07) is 6.96. The molecule has 4 rings (SSSR count). The fourth-order valence-electron chi connectivity index (χ4n) is 3.87. The average molecular weight is 432 g/mol. The van der Waals surface area contributed by atoms with Crippen molar-refractivity contribution in [3.05, 3.63) is 59.2 Å². The summed E-state index contributed by atoms with van der Waals surface area (Å²) >= 11 is 6.11. The van der Waals surface area contributed by atoms with Crippen LogP contribution >= 0.6 is 11.6 Å². The van der Waals surface area contributed by atoms with Gasteiger partial charge in [0.15, 0.2) is 0 Å². The van der Waals surface area contributed by atoms with E-state index in [1.54, 1.807) is 35.2 Å². The van der Waals surface area contributed by atoms with Crippen LogP contribution in [0.5, 0.6) is 0 Å². The Morgan fingerprint density at radius 2 is 2.10 bits per heavy atom. The third-order valence-electron chi connectivity index (χ3n) is 5.54. The number of imidazole rings is 1. The van der Waals surface area contributed by atoms with Crippen molar-refractivity contribution in [1.29, 1.82) is 0 Å². The van der Waals surface area contributed by atoms with Crippen LogP contribution in [0, 0.1) is 0 Å². The number of alkyl halides is 1. The number of hydrogen-bond donors (Lipinski definition) is 1. The highest BCUT2D eigenvalue weighted by atomic mass is 35.5. The molecule has 0 aliphatic carbocycles. The molecule has 0 radical (unpaired) electrons. The molecule has 2 amide bonds. The average Bonchev–Trinajstić information content (AvgIpc) is 3.29. The standard InChI is InChI=1S/C21H23ClFN5O2/c1-26-12-14(23)10-15(26)6-7-20(29)27-8-9-28-18(11-24-19(28)13-27)21(30)25-17-5-3-2-4-16(17)22/h2-7,11,14-15H,8-10,12-13H2,1H3,(H,25,30)/b7-6+/t14-,15?/m1/s1. The van der Waals surface area contributed by atoms with Crippen LogP contribution in [0.3, 0.4) is 0 Å². The number of amides is 2. The maximum Gasteiger partial charge on any atom is 0.273 e. The molecular weight excluding hydrogens is 409 g/mol. The quantitative estimate of drug-likeness (QED) is 0.756. The van der Waals surface area contributed by atoms with Crippen LogP contribution in [-0.2, 0) is 17.9 Å². The molecule has 1 unspecified atom stereocenters. The number of nitrogens with zero attached hydrogens (tertiary/aromatic N) is 4. The van der Waals surface area contributed by atoms with E-state index >= 15 is 0 Å². The van der Waals surface area contributed by atoms with Gasteiger partial charge in [0.1, 0.15) is 17.7 Å². The molecule has 2 aliphatic rings. The Balaban J connectivity index is 1.40. The van der Waals surface area contributed by atoms with Gasteiger partial charge >= 0.3 is 0 Å². The van der Waals surface area contributed by atoms with Gasteiger partial charge in [0, 0.05) is 31.8 Å². The van der Waals surface area contributed by atoms with Gasteiger partial charge in [-0.05, 0) is 25.6 Å². The summed E-state index contributed by atoms with van der Waals surface area (Å²) in [5, 5.41) is 3.26. The fraction of sp³-hybridized carbons (Fsp3) is 0.381. The fourth-order valence-corrected chi connectivity index (χ4v) is 4.05. The lowest BCUT2D eigenvalue weighted by molar-refractivity contribution is -0.127. The number of carbonyl (C=O) groups excluding carboxylic acids is 2. The van der Waals surface area contributed by atoms with Gasteiger partial charge in [0.2, 0.25) is 5.91 Å². The van der Waals surface area contributed by atoms with Gasteiger partial charge in [-0.1, -0.05) is 29.8 Å². The lowest BCUT2D eigenvalue weighted by atomic mass is 10.2. The number of aromatic nitrogens is 2. The molecule has 3 heterocycles. The first kappa shape index (κ1) is 20.6. The van der Waals surface area contributed by atoms with E-state index < -0.39 is 6.17 Å². The predicted molar refractivity (Wildman–Crippen MR) is 112 cm³/mol. The van der Waals surface area contributed by atoms with Crippen molar-refractivity contribution in [2.45, 2.75) is 31.7 Å². The molecule has 158 valence electrons. The lowest BCUT2D eigenvalue weighted by Crippen LogP contribution is -2.38. The molecule has 1 N–H and O–H groups in total. The van der Waals surface area contributed by atoms with Gasteiger partial charge in [0.05, 0.1) is 23.5 Å². The molecule has 0 bridgehead atoms. The first-order valence-electron chi connectivity index (χ1n) is 9.84. The monoisotopic (exact) mass is 431 g/mol. The Bertz CT molecular complexity index is 992. The van der Waals surface area contributed by atoms with Crippen LogP contribution in [0.1, 0.15) is 22.7 Å². The van der Waals surface area contributed by atoms with E-state index in [-0.39, 0.29) is 17.9 Å². The second-order valence-corrected chi connectivity index (χ2v) is 8.01. The highest BCUT2D eigenvalue weighted by Gasteiger charge is 2.28. The first-order valence-corrected chi connectivity index (χ1v) is 10.2. The lowest BCUT2D eigenvalue weighted by Gasteiger charge is -2.27. The molecular formula is C21H23ClFN5O2. The molecule has 2 aromatic rings. The maximum absolute atomic E-state index is 13.5. The minimum atomic E-state index is -0.849. The number of likely N-dealkylation sites (tertiary alicyclic amines) is 1. The third-order valence-corrected chi connectivity index (χ3v) is 5.87. The topological polar surface area (TPSA) is 70.5 Å². The zero-order valence-corrected chi connectivity index (χ0v) is 17.3. The summed E-state index contributed by atoms with van der Waals surface area (Å²) in [4.78, 5) is 33.1. The molecule has 0 saturated carbocycles. The van der Waals surface area contributed by atoms with Crippen molar-refractivity contribution in [2.75, 3.05) is 25.5 Å². The number of likely N-dealkylation sites (N-methyl/N-ethyl adjacent to an activating group) is 1. The van der Waals surface area contributed by atoms with Crippen molar-refractivity contribution < 1.29 is 14.0 Å². The largest absolute Gasteiger partial charge is 0.330 e. The maximum atomic E-state index is 13.5. The van der Waals surface area contributed by atoms with Crippen LogP contribution in [-0.4, -0.2) is 63.5 Å².